The molecule has 2 aromatic carbocycles. The molecule has 8 N–H and O–H groups in total. The molecule has 15 heteroatoms. The topological polar surface area (TPSA) is 216 Å². The Bertz CT molecular complexity index is 1160. The van der Waals surface area contributed by atoms with Gasteiger partial charge in [0.2, 0.25) is 0 Å². The number of methoxy groups -OCH3 is 2. The SMILES string of the molecule is COc1cccc(C(=O)NC2[C@H](O)C(CO)O[C@H](S[C@@H]3OC(CO)[C@H](O)[C@H](NC(=O)c4cccc(OC)c4)C3O)[C@@H]2O)c1. The second kappa shape index (κ2) is 14.7. The standard InChI is InChI=1S/C28H36N2O12S/c1-39-15-7-3-5-13(9-15)25(37)29-19-21(33)17(11-31)41-27(23(19)35)43-28-24(36)20(22(34)18(12-32)42-28)30-26(38)14-6-4-8-16(10-14)40-2/h3-10,17-24,27-28,31-36H,11-12H2,1-2H3,(H,29,37)(H,30,38)/t17?,18?,19-,20?,21-,22+,23?,24+,27-,28+/m0/s1. The van der Waals surface area contributed by atoms with E-state index in [9.17, 15) is 40.2 Å². The van der Waals surface area contributed by atoms with Crippen LogP contribution in [0.4, 0.5) is 0 Å². The Labute approximate surface area is 251 Å². The molecule has 0 aliphatic carbocycles. The number of rotatable bonds is 10. The fourth-order valence-corrected chi connectivity index (χ4v) is 6.21. The average molecular weight is 625 g/mol. The maximum absolute atomic E-state index is 13.0. The van der Waals surface area contributed by atoms with Crippen molar-refractivity contribution in [3.05, 3.63) is 59.7 Å². The maximum Gasteiger partial charge on any atom is 0.251 e. The van der Waals surface area contributed by atoms with E-state index in [0.717, 1.165) is 11.8 Å². The van der Waals surface area contributed by atoms with Gasteiger partial charge in [0.25, 0.3) is 11.8 Å². The van der Waals surface area contributed by atoms with Crippen LogP contribution in [0.25, 0.3) is 0 Å². The minimum Gasteiger partial charge on any atom is -0.497 e. The zero-order valence-corrected chi connectivity index (χ0v) is 24.2. The van der Waals surface area contributed by atoms with Crippen molar-refractivity contribution in [1.29, 1.82) is 0 Å². The fourth-order valence-electron chi connectivity index (χ4n) is 4.87. The van der Waals surface area contributed by atoms with E-state index in [0.29, 0.717) is 11.5 Å². The number of hydrogen-bond acceptors (Lipinski definition) is 13. The largest absolute Gasteiger partial charge is 0.497 e. The molecule has 2 saturated heterocycles. The highest BCUT2D eigenvalue weighted by Crippen LogP contribution is 2.37. The highest BCUT2D eigenvalue weighted by molar-refractivity contribution is 8.00. The second-order valence-electron chi connectivity index (χ2n) is 10.0. The predicted octanol–water partition coefficient (Wildman–Crippen LogP) is -1.79. The Kier molecular flexibility index (Phi) is 11.2. The number of benzene rings is 2. The number of ether oxygens (including phenoxy) is 4. The van der Waals surface area contributed by atoms with Gasteiger partial charge < -0.3 is 60.2 Å². The monoisotopic (exact) mass is 624 g/mol. The summed E-state index contributed by atoms with van der Waals surface area (Å²) in [7, 11) is 2.88. The van der Waals surface area contributed by atoms with Gasteiger partial charge in [0.05, 0.1) is 39.5 Å². The zero-order chi connectivity index (χ0) is 31.3. The van der Waals surface area contributed by atoms with Gasteiger partial charge in [-0.15, -0.1) is 0 Å². The van der Waals surface area contributed by atoms with E-state index in [1.165, 1.54) is 38.5 Å². The van der Waals surface area contributed by atoms with E-state index in [1.54, 1.807) is 24.3 Å². The lowest BCUT2D eigenvalue weighted by Crippen LogP contribution is -2.66. The molecule has 2 aliphatic rings. The summed E-state index contributed by atoms with van der Waals surface area (Å²) < 4.78 is 21.7. The second-order valence-corrected chi connectivity index (χ2v) is 11.2. The lowest BCUT2D eigenvalue weighted by atomic mass is 9.96. The van der Waals surface area contributed by atoms with Gasteiger partial charge in [-0.2, -0.15) is 0 Å². The first-order valence-electron chi connectivity index (χ1n) is 13.4. The van der Waals surface area contributed by atoms with Gasteiger partial charge in [0, 0.05) is 11.1 Å². The summed E-state index contributed by atoms with van der Waals surface area (Å²) in [5, 5.41) is 68.7. The molecule has 2 aliphatic heterocycles. The molecule has 0 aromatic heterocycles. The molecule has 2 fully saturated rings. The van der Waals surface area contributed by atoms with Crippen LogP contribution in [0.1, 0.15) is 20.7 Å². The van der Waals surface area contributed by atoms with Gasteiger partial charge in [-0.25, -0.2) is 0 Å². The summed E-state index contributed by atoms with van der Waals surface area (Å²) in [6.45, 7) is -1.33. The van der Waals surface area contributed by atoms with E-state index < -0.39 is 84.6 Å². The number of hydrogen-bond donors (Lipinski definition) is 8. The smallest absolute Gasteiger partial charge is 0.251 e. The van der Waals surface area contributed by atoms with E-state index in [-0.39, 0.29) is 11.1 Å². The molecular formula is C28H36N2O12S. The van der Waals surface area contributed by atoms with Crippen LogP contribution in [0, 0.1) is 0 Å². The van der Waals surface area contributed by atoms with Crippen molar-refractivity contribution in [3.8, 4) is 11.5 Å². The molecule has 0 bridgehead atoms. The quantitative estimate of drug-likeness (QED) is 0.147. The Hall–Kier alpha value is -2.99. The van der Waals surface area contributed by atoms with Crippen LogP contribution in [0.2, 0.25) is 0 Å². The number of nitrogens with one attached hydrogen (secondary N) is 2. The van der Waals surface area contributed by atoms with Crippen LogP contribution in [-0.2, 0) is 9.47 Å². The van der Waals surface area contributed by atoms with Crippen molar-refractivity contribution in [2.24, 2.45) is 0 Å². The molecule has 2 aromatic rings. The number of carbonyl (C=O) groups excluding carboxylic acids is 2. The molecule has 0 radical (unpaired) electrons. The molecule has 0 spiro atoms. The zero-order valence-electron chi connectivity index (χ0n) is 23.3. The third-order valence-electron chi connectivity index (χ3n) is 7.30. The third kappa shape index (κ3) is 7.39. The van der Waals surface area contributed by atoms with Gasteiger partial charge in [0.15, 0.2) is 0 Å². The number of thioether (sulfide) groups is 1. The van der Waals surface area contributed by atoms with Crippen LogP contribution in [0.15, 0.2) is 48.5 Å². The highest BCUT2D eigenvalue weighted by Gasteiger charge is 2.50. The van der Waals surface area contributed by atoms with Gasteiger partial charge >= 0.3 is 0 Å². The summed E-state index contributed by atoms with van der Waals surface area (Å²) in [6, 6.07) is 9.80. The lowest BCUT2D eigenvalue weighted by Gasteiger charge is -2.46. The molecule has 4 rings (SSSR count). The molecule has 4 unspecified atom stereocenters. The molecule has 14 nitrogen and oxygen atoms in total. The Morgan fingerprint density at radius 1 is 0.721 bits per heavy atom. The van der Waals surface area contributed by atoms with Crippen molar-refractivity contribution in [3.63, 3.8) is 0 Å². The van der Waals surface area contributed by atoms with Crippen molar-refractivity contribution in [2.45, 2.75) is 59.6 Å². The molecule has 10 atom stereocenters. The van der Waals surface area contributed by atoms with Crippen molar-refractivity contribution in [2.75, 3.05) is 27.4 Å². The minimum atomic E-state index is -1.57. The predicted molar refractivity (Wildman–Crippen MR) is 152 cm³/mol. The number of aliphatic hydroxyl groups excluding tert-OH is 6. The molecule has 2 amide bonds. The Balaban J connectivity index is 1.51. The van der Waals surface area contributed by atoms with Crippen LogP contribution < -0.4 is 20.1 Å². The molecule has 236 valence electrons. The van der Waals surface area contributed by atoms with Crippen LogP contribution in [0.5, 0.6) is 11.5 Å². The first kappa shape index (κ1) is 32.9. The van der Waals surface area contributed by atoms with Crippen LogP contribution in [0.3, 0.4) is 0 Å². The van der Waals surface area contributed by atoms with Gasteiger partial charge in [-0.1, -0.05) is 23.9 Å². The normalized spacial score (nSPS) is 32.5. The lowest BCUT2D eigenvalue weighted by molar-refractivity contribution is -0.175. The number of aliphatic hydroxyl groups is 6. The maximum atomic E-state index is 13.0. The van der Waals surface area contributed by atoms with Crippen molar-refractivity contribution >= 4 is 23.6 Å². The Morgan fingerprint density at radius 3 is 1.47 bits per heavy atom. The molecular weight excluding hydrogens is 588 g/mol. The summed E-state index contributed by atoms with van der Waals surface area (Å²) in [4.78, 5) is 25.9. The minimum absolute atomic E-state index is 0.190. The summed E-state index contributed by atoms with van der Waals surface area (Å²) in [5.41, 5.74) is -2.17. The van der Waals surface area contributed by atoms with E-state index in [1.807, 2.05) is 0 Å². The first-order chi connectivity index (χ1) is 20.6. The summed E-state index contributed by atoms with van der Waals surface area (Å²) in [6.07, 6.45) is -8.63. The third-order valence-corrected chi connectivity index (χ3v) is 8.61. The van der Waals surface area contributed by atoms with Crippen molar-refractivity contribution in [1.82, 2.24) is 10.6 Å². The Morgan fingerprint density at radius 2 is 1.12 bits per heavy atom. The number of amides is 2. The van der Waals surface area contributed by atoms with Crippen LogP contribution >= 0.6 is 11.8 Å². The molecule has 0 saturated carbocycles. The van der Waals surface area contributed by atoms with Crippen molar-refractivity contribution < 1.29 is 59.2 Å². The molecule has 2 heterocycles. The highest BCUT2D eigenvalue weighted by atomic mass is 32.2. The van der Waals surface area contributed by atoms with Gasteiger partial charge in [0.1, 0.15) is 59.0 Å². The fraction of sp³-hybridized carbons (Fsp3) is 0.500. The summed E-state index contributed by atoms with van der Waals surface area (Å²) >= 11 is 0.734. The number of carbonyl (C=O) groups is 2. The first-order valence-corrected chi connectivity index (χ1v) is 14.4. The van der Waals surface area contributed by atoms with Gasteiger partial charge in [-0.3, -0.25) is 9.59 Å². The summed E-state index contributed by atoms with van der Waals surface area (Å²) in [5.74, 6) is -0.442. The van der Waals surface area contributed by atoms with Crippen LogP contribution in [-0.4, -0.2) is 129 Å². The molecule has 43 heavy (non-hydrogen) atoms. The van der Waals surface area contributed by atoms with E-state index >= 15 is 0 Å². The van der Waals surface area contributed by atoms with E-state index in [4.69, 9.17) is 18.9 Å². The average Bonchev–Trinajstić information content (AvgIpc) is 3.03. The van der Waals surface area contributed by atoms with E-state index in [2.05, 4.69) is 10.6 Å². The van der Waals surface area contributed by atoms with Gasteiger partial charge in [-0.05, 0) is 36.4 Å².